The average Bonchev–Trinajstić information content (AvgIpc) is 2.37. The number of hydrogen-bond donors (Lipinski definition) is 2. The lowest BCUT2D eigenvalue weighted by Crippen LogP contribution is -2.02. The third kappa shape index (κ3) is 3.25. The lowest BCUT2D eigenvalue weighted by molar-refractivity contribution is 0.0697. The van der Waals surface area contributed by atoms with Crippen LogP contribution in [-0.4, -0.2) is 11.1 Å². The van der Waals surface area contributed by atoms with Crippen molar-refractivity contribution < 1.29 is 9.90 Å². The normalized spacial score (nSPS) is 10.1. The van der Waals surface area contributed by atoms with Crippen molar-refractivity contribution >= 4 is 23.3 Å². The smallest absolute Gasteiger partial charge is 0.335 e. The van der Waals surface area contributed by atoms with Crippen LogP contribution in [0.2, 0.25) is 5.02 Å². The van der Waals surface area contributed by atoms with Crippen LogP contribution in [0.4, 0.5) is 5.69 Å². The number of rotatable bonds is 4. The number of halogens is 1. The molecule has 0 saturated carbocycles. The third-order valence-electron chi connectivity index (χ3n) is 2.50. The summed E-state index contributed by atoms with van der Waals surface area (Å²) in [6.07, 6.45) is 0. The minimum atomic E-state index is -0.917. The highest BCUT2D eigenvalue weighted by molar-refractivity contribution is 6.30. The Morgan fingerprint density at radius 3 is 2.67 bits per heavy atom. The van der Waals surface area contributed by atoms with Gasteiger partial charge < -0.3 is 10.4 Å². The van der Waals surface area contributed by atoms with Crippen molar-refractivity contribution in [3.05, 3.63) is 64.7 Å². The highest BCUT2D eigenvalue weighted by Crippen LogP contribution is 2.16. The zero-order valence-electron chi connectivity index (χ0n) is 9.56. The molecule has 0 heterocycles. The summed E-state index contributed by atoms with van der Waals surface area (Å²) in [4.78, 5) is 10.8. The predicted molar refractivity (Wildman–Crippen MR) is 72.2 cm³/mol. The Morgan fingerprint density at radius 1 is 1.17 bits per heavy atom. The molecule has 0 aliphatic heterocycles. The van der Waals surface area contributed by atoms with Crippen molar-refractivity contribution in [2.24, 2.45) is 0 Å². The summed E-state index contributed by atoms with van der Waals surface area (Å²) in [5.41, 5.74) is 2.11. The molecule has 4 heteroatoms. The minimum absolute atomic E-state index is 0.292. The summed E-state index contributed by atoms with van der Waals surface area (Å²) in [5.74, 6) is -0.917. The van der Waals surface area contributed by atoms with Crippen LogP contribution in [0.1, 0.15) is 15.9 Å². The molecule has 0 bridgehead atoms. The van der Waals surface area contributed by atoms with Crippen LogP contribution in [0.3, 0.4) is 0 Å². The number of carboxylic acids is 1. The van der Waals surface area contributed by atoms with Crippen LogP contribution >= 0.6 is 11.6 Å². The summed E-state index contributed by atoms with van der Waals surface area (Å²) in [7, 11) is 0. The Kier molecular flexibility index (Phi) is 3.85. The monoisotopic (exact) mass is 261 g/mol. The van der Waals surface area contributed by atoms with Gasteiger partial charge in [0.05, 0.1) is 5.56 Å². The second kappa shape index (κ2) is 5.56. The lowest BCUT2D eigenvalue weighted by Gasteiger charge is -2.07. The zero-order valence-corrected chi connectivity index (χ0v) is 10.3. The van der Waals surface area contributed by atoms with Gasteiger partial charge in [0.25, 0.3) is 0 Å². The van der Waals surface area contributed by atoms with Crippen LogP contribution in [-0.2, 0) is 6.54 Å². The molecule has 2 aromatic rings. The molecule has 0 saturated heterocycles. The van der Waals surface area contributed by atoms with E-state index in [1.165, 1.54) is 0 Å². The van der Waals surface area contributed by atoms with E-state index in [0.29, 0.717) is 17.1 Å². The Balaban J connectivity index is 2.06. The largest absolute Gasteiger partial charge is 0.478 e. The average molecular weight is 262 g/mol. The first kappa shape index (κ1) is 12.5. The summed E-state index contributed by atoms with van der Waals surface area (Å²) in [6.45, 7) is 0.557. The van der Waals surface area contributed by atoms with E-state index >= 15 is 0 Å². The second-order valence-corrected chi connectivity index (χ2v) is 4.31. The minimum Gasteiger partial charge on any atom is -0.478 e. The molecule has 92 valence electrons. The topological polar surface area (TPSA) is 49.3 Å². The van der Waals surface area contributed by atoms with Gasteiger partial charge in [-0.2, -0.15) is 0 Å². The Labute approximate surface area is 110 Å². The Hall–Kier alpha value is -2.00. The Morgan fingerprint density at radius 2 is 1.94 bits per heavy atom. The molecular formula is C14H12ClNO2. The predicted octanol–water partition coefficient (Wildman–Crippen LogP) is 3.65. The first-order chi connectivity index (χ1) is 8.65. The molecule has 2 rings (SSSR count). The van der Waals surface area contributed by atoms with Gasteiger partial charge in [-0.15, -0.1) is 0 Å². The molecule has 0 radical (unpaired) electrons. The number of anilines is 1. The van der Waals surface area contributed by atoms with Crippen molar-refractivity contribution in [3.63, 3.8) is 0 Å². The molecular weight excluding hydrogens is 250 g/mol. The summed E-state index contributed by atoms with van der Waals surface area (Å²) < 4.78 is 0. The molecule has 0 aliphatic carbocycles. The van der Waals surface area contributed by atoms with E-state index in [9.17, 15) is 4.79 Å². The van der Waals surface area contributed by atoms with Crippen LogP contribution in [0.15, 0.2) is 48.5 Å². The van der Waals surface area contributed by atoms with E-state index in [2.05, 4.69) is 5.32 Å². The van der Waals surface area contributed by atoms with Crippen molar-refractivity contribution in [2.75, 3.05) is 5.32 Å². The van der Waals surface area contributed by atoms with Gasteiger partial charge in [-0.25, -0.2) is 4.79 Å². The summed E-state index contributed by atoms with van der Waals surface area (Å²) in [5, 5.41) is 12.7. The van der Waals surface area contributed by atoms with E-state index in [1.54, 1.807) is 24.3 Å². The number of hydrogen-bond acceptors (Lipinski definition) is 2. The van der Waals surface area contributed by atoms with Crippen LogP contribution < -0.4 is 5.32 Å². The van der Waals surface area contributed by atoms with Crippen LogP contribution in [0.5, 0.6) is 0 Å². The molecule has 0 fully saturated rings. The van der Waals surface area contributed by atoms with Gasteiger partial charge in [0, 0.05) is 17.3 Å². The van der Waals surface area contributed by atoms with Crippen molar-refractivity contribution in [1.82, 2.24) is 0 Å². The number of nitrogens with one attached hydrogen (secondary N) is 1. The fraction of sp³-hybridized carbons (Fsp3) is 0.0714. The second-order valence-electron chi connectivity index (χ2n) is 3.87. The highest BCUT2D eigenvalue weighted by atomic mass is 35.5. The van der Waals surface area contributed by atoms with Gasteiger partial charge in [-0.3, -0.25) is 0 Å². The van der Waals surface area contributed by atoms with Crippen molar-refractivity contribution in [1.29, 1.82) is 0 Å². The maximum Gasteiger partial charge on any atom is 0.335 e. The van der Waals surface area contributed by atoms with E-state index in [1.807, 2.05) is 24.3 Å². The quantitative estimate of drug-likeness (QED) is 0.883. The van der Waals surface area contributed by atoms with Crippen molar-refractivity contribution in [2.45, 2.75) is 6.54 Å². The van der Waals surface area contributed by atoms with Gasteiger partial charge in [0.1, 0.15) is 0 Å². The van der Waals surface area contributed by atoms with E-state index in [0.717, 1.165) is 11.3 Å². The van der Waals surface area contributed by atoms with Gasteiger partial charge in [0.2, 0.25) is 0 Å². The van der Waals surface area contributed by atoms with Crippen LogP contribution in [0.25, 0.3) is 0 Å². The van der Waals surface area contributed by atoms with Crippen LogP contribution in [0, 0.1) is 0 Å². The highest BCUT2D eigenvalue weighted by Gasteiger charge is 2.03. The van der Waals surface area contributed by atoms with E-state index in [-0.39, 0.29) is 0 Å². The molecule has 0 aromatic heterocycles. The van der Waals surface area contributed by atoms with Gasteiger partial charge in [-0.1, -0.05) is 29.8 Å². The first-order valence-corrected chi connectivity index (χ1v) is 5.84. The van der Waals surface area contributed by atoms with Gasteiger partial charge in [-0.05, 0) is 35.9 Å². The molecule has 0 unspecified atom stereocenters. The fourth-order valence-electron chi connectivity index (χ4n) is 1.62. The number of carbonyl (C=O) groups is 1. The molecule has 3 nitrogen and oxygen atoms in total. The molecule has 0 atom stereocenters. The summed E-state index contributed by atoms with van der Waals surface area (Å²) in [6, 6.07) is 14.2. The standard InChI is InChI=1S/C14H12ClNO2/c15-12-5-2-6-13(8-12)16-9-10-3-1-4-11(7-10)14(17)18/h1-8,16H,9H2,(H,17,18). The third-order valence-corrected chi connectivity index (χ3v) is 2.73. The SMILES string of the molecule is O=C(O)c1cccc(CNc2cccc(Cl)c2)c1. The van der Waals surface area contributed by atoms with Gasteiger partial charge in [0.15, 0.2) is 0 Å². The number of aromatic carboxylic acids is 1. The lowest BCUT2D eigenvalue weighted by atomic mass is 10.1. The first-order valence-electron chi connectivity index (χ1n) is 5.47. The van der Waals surface area contributed by atoms with Crippen molar-refractivity contribution in [3.8, 4) is 0 Å². The summed E-state index contributed by atoms with van der Waals surface area (Å²) >= 11 is 5.88. The number of carboxylic acid groups (broad SMARTS) is 1. The molecule has 0 spiro atoms. The van der Waals surface area contributed by atoms with Gasteiger partial charge >= 0.3 is 5.97 Å². The molecule has 2 aromatic carbocycles. The molecule has 0 amide bonds. The number of benzene rings is 2. The Bertz CT molecular complexity index is 569. The molecule has 18 heavy (non-hydrogen) atoms. The molecule has 2 N–H and O–H groups in total. The van der Waals surface area contributed by atoms with E-state index < -0.39 is 5.97 Å². The van der Waals surface area contributed by atoms with E-state index in [4.69, 9.17) is 16.7 Å². The maximum atomic E-state index is 10.8. The molecule has 0 aliphatic rings. The maximum absolute atomic E-state index is 10.8. The zero-order chi connectivity index (χ0) is 13.0. The fourth-order valence-corrected chi connectivity index (χ4v) is 1.81.